The van der Waals surface area contributed by atoms with Crippen molar-refractivity contribution in [2.45, 2.75) is 90.9 Å². The average molecular weight is 372 g/mol. The van der Waals surface area contributed by atoms with Gasteiger partial charge in [0.1, 0.15) is 5.75 Å². The molecule has 1 aromatic heterocycles. The van der Waals surface area contributed by atoms with Crippen LogP contribution in [0.4, 0.5) is 0 Å². The van der Waals surface area contributed by atoms with Crippen LogP contribution < -0.4 is 4.74 Å². The number of pyridine rings is 1. The summed E-state index contributed by atoms with van der Waals surface area (Å²) in [5.41, 5.74) is 1.03. The van der Waals surface area contributed by atoms with E-state index in [4.69, 9.17) is 4.74 Å². The molecule has 3 nitrogen and oxygen atoms in total. The number of carbonyl (C=O) groups is 1. The van der Waals surface area contributed by atoms with Gasteiger partial charge in [-0.15, -0.1) is 0 Å². The lowest BCUT2D eigenvalue weighted by molar-refractivity contribution is -0.140. The first-order valence-electron chi connectivity index (χ1n) is 11.3. The Morgan fingerprint density at radius 1 is 0.926 bits per heavy atom. The fourth-order valence-electron chi connectivity index (χ4n) is 4.97. The van der Waals surface area contributed by atoms with E-state index >= 15 is 0 Å². The van der Waals surface area contributed by atoms with Crippen LogP contribution in [0.15, 0.2) is 18.3 Å². The standard InChI is InChI=1S/C24H37NO2/c1-3-18-5-7-19(8-6-18)9-10-20-11-13-21(14-12-20)24(26)27-23-16-15-22(4-2)25-17-23/h15-21H,3-14H2,1-2H3. The second-order valence-electron chi connectivity index (χ2n) is 8.85. The molecule has 2 saturated carbocycles. The van der Waals surface area contributed by atoms with Gasteiger partial charge in [-0.1, -0.05) is 58.8 Å². The molecule has 0 atom stereocenters. The van der Waals surface area contributed by atoms with Gasteiger partial charge in [-0.25, -0.2) is 0 Å². The fourth-order valence-corrected chi connectivity index (χ4v) is 4.97. The zero-order valence-corrected chi connectivity index (χ0v) is 17.3. The molecule has 0 bridgehead atoms. The van der Waals surface area contributed by atoms with Crippen molar-refractivity contribution in [2.75, 3.05) is 0 Å². The lowest BCUT2D eigenvalue weighted by Gasteiger charge is -2.31. The zero-order chi connectivity index (χ0) is 19.1. The van der Waals surface area contributed by atoms with E-state index in [-0.39, 0.29) is 11.9 Å². The summed E-state index contributed by atoms with van der Waals surface area (Å²) in [4.78, 5) is 16.8. The second-order valence-corrected chi connectivity index (χ2v) is 8.85. The van der Waals surface area contributed by atoms with Crippen molar-refractivity contribution in [1.29, 1.82) is 0 Å². The number of hydrogen-bond donors (Lipinski definition) is 0. The topological polar surface area (TPSA) is 39.2 Å². The van der Waals surface area contributed by atoms with Crippen LogP contribution in [0.2, 0.25) is 0 Å². The minimum atomic E-state index is -0.0580. The third-order valence-electron chi connectivity index (χ3n) is 7.09. The Morgan fingerprint density at radius 3 is 2.04 bits per heavy atom. The Kier molecular flexibility index (Phi) is 7.72. The molecule has 0 N–H and O–H groups in total. The van der Waals surface area contributed by atoms with Crippen LogP contribution >= 0.6 is 0 Å². The second kappa shape index (κ2) is 10.2. The Hall–Kier alpha value is -1.38. The number of rotatable bonds is 7. The van der Waals surface area contributed by atoms with E-state index in [1.54, 1.807) is 6.20 Å². The minimum Gasteiger partial charge on any atom is -0.425 e. The molecule has 3 heteroatoms. The summed E-state index contributed by atoms with van der Waals surface area (Å²) in [5.74, 6) is 3.39. The van der Waals surface area contributed by atoms with E-state index in [1.165, 1.54) is 57.8 Å². The van der Waals surface area contributed by atoms with Gasteiger partial charge in [0.25, 0.3) is 0 Å². The van der Waals surface area contributed by atoms with Gasteiger partial charge in [-0.05, 0) is 62.0 Å². The lowest BCUT2D eigenvalue weighted by Crippen LogP contribution is -2.26. The van der Waals surface area contributed by atoms with Crippen LogP contribution in [0.25, 0.3) is 0 Å². The van der Waals surface area contributed by atoms with Gasteiger partial charge < -0.3 is 4.74 Å². The molecule has 2 aliphatic rings. The summed E-state index contributed by atoms with van der Waals surface area (Å²) < 4.78 is 5.56. The highest BCUT2D eigenvalue weighted by molar-refractivity contribution is 5.75. The van der Waals surface area contributed by atoms with Crippen molar-refractivity contribution >= 4 is 5.97 Å². The predicted molar refractivity (Wildman–Crippen MR) is 110 cm³/mol. The lowest BCUT2D eigenvalue weighted by atomic mass is 9.75. The highest BCUT2D eigenvalue weighted by Crippen LogP contribution is 2.37. The predicted octanol–water partition coefficient (Wildman–Crippen LogP) is 6.35. The minimum absolute atomic E-state index is 0.0580. The SMILES string of the molecule is CCc1ccc(OC(=O)C2CCC(CCC3CCC(CC)CC3)CC2)cn1. The Balaban J connectivity index is 1.35. The normalized spacial score (nSPS) is 28.7. The van der Waals surface area contributed by atoms with E-state index in [2.05, 4.69) is 18.8 Å². The highest BCUT2D eigenvalue weighted by atomic mass is 16.5. The molecule has 150 valence electrons. The monoisotopic (exact) mass is 371 g/mol. The van der Waals surface area contributed by atoms with Crippen LogP contribution in [-0.2, 0) is 11.2 Å². The van der Waals surface area contributed by atoms with Crippen LogP contribution in [0.3, 0.4) is 0 Å². The summed E-state index contributed by atoms with van der Waals surface area (Å²) in [5, 5.41) is 0. The van der Waals surface area contributed by atoms with Crippen LogP contribution in [0.5, 0.6) is 5.75 Å². The molecule has 0 spiro atoms. The first-order chi connectivity index (χ1) is 13.2. The van der Waals surface area contributed by atoms with Gasteiger partial charge in [0, 0.05) is 5.69 Å². The third kappa shape index (κ3) is 6.05. The Labute approximate surface area is 165 Å². The molecular weight excluding hydrogens is 334 g/mol. The summed E-state index contributed by atoms with van der Waals surface area (Å²) in [7, 11) is 0. The van der Waals surface area contributed by atoms with Crippen molar-refractivity contribution in [3.05, 3.63) is 24.0 Å². The number of hydrogen-bond acceptors (Lipinski definition) is 3. The van der Waals surface area contributed by atoms with Crippen molar-refractivity contribution in [3.8, 4) is 5.75 Å². The smallest absolute Gasteiger partial charge is 0.314 e. The summed E-state index contributed by atoms with van der Waals surface area (Å²) in [6.07, 6.45) is 16.9. The van der Waals surface area contributed by atoms with Gasteiger partial charge in [-0.3, -0.25) is 9.78 Å². The maximum atomic E-state index is 12.4. The zero-order valence-electron chi connectivity index (χ0n) is 17.3. The van der Waals surface area contributed by atoms with Crippen molar-refractivity contribution < 1.29 is 9.53 Å². The molecule has 0 amide bonds. The first-order valence-corrected chi connectivity index (χ1v) is 11.3. The van der Waals surface area contributed by atoms with Gasteiger partial charge in [0.2, 0.25) is 0 Å². The summed E-state index contributed by atoms with van der Waals surface area (Å²) in [6, 6.07) is 3.80. The molecule has 0 aromatic carbocycles. The van der Waals surface area contributed by atoms with Gasteiger partial charge >= 0.3 is 5.97 Å². The Bertz CT molecular complexity index is 567. The molecule has 27 heavy (non-hydrogen) atoms. The highest BCUT2D eigenvalue weighted by Gasteiger charge is 2.28. The number of aryl methyl sites for hydroxylation is 1. The van der Waals surface area contributed by atoms with Crippen LogP contribution in [-0.4, -0.2) is 11.0 Å². The molecule has 1 heterocycles. The molecule has 0 unspecified atom stereocenters. The number of aromatic nitrogens is 1. The molecule has 0 radical (unpaired) electrons. The van der Waals surface area contributed by atoms with E-state index in [9.17, 15) is 4.79 Å². The van der Waals surface area contributed by atoms with E-state index in [1.807, 2.05) is 12.1 Å². The fraction of sp³-hybridized carbons (Fsp3) is 0.750. The van der Waals surface area contributed by atoms with Crippen LogP contribution in [0, 0.1) is 23.7 Å². The molecule has 0 aliphatic heterocycles. The number of carbonyl (C=O) groups excluding carboxylic acids is 1. The maximum absolute atomic E-state index is 12.4. The number of ether oxygens (including phenoxy) is 1. The van der Waals surface area contributed by atoms with Crippen molar-refractivity contribution in [1.82, 2.24) is 4.98 Å². The molecule has 1 aromatic rings. The molecule has 2 fully saturated rings. The largest absolute Gasteiger partial charge is 0.425 e. The molecule has 0 saturated heterocycles. The van der Waals surface area contributed by atoms with Gasteiger partial charge in [0.05, 0.1) is 12.1 Å². The van der Waals surface area contributed by atoms with E-state index in [0.29, 0.717) is 5.75 Å². The molecule has 3 rings (SSSR count). The number of nitrogens with zero attached hydrogens (tertiary/aromatic N) is 1. The van der Waals surface area contributed by atoms with E-state index < -0.39 is 0 Å². The van der Waals surface area contributed by atoms with Gasteiger partial charge in [0.15, 0.2) is 0 Å². The maximum Gasteiger partial charge on any atom is 0.314 e. The summed E-state index contributed by atoms with van der Waals surface area (Å²) >= 11 is 0. The quantitative estimate of drug-likeness (QED) is 0.524. The average Bonchev–Trinajstić information content (AvgIpc) is 2.73. The van der Waals surface area contributed by atoms with E-state index in [0.717, 1.165) is 42.7 Å². The first kappa shape index (κ1) is 20.4. The Morgan fingerprint density at radius 2 is 1.52 bits per heavy atom. The van der Waals surface area contributed by atoms with Crippen LogP contribution in [0.1, 0.15) is 90.2 Å². The van der Waals surface area contributed by atoms with Crippen molar-refractivity contribution in [3.63, 3.8) is 0 Å². The van der Waals surface area contributed by atoms with Crippen molar-refractivity contribution in [2.24, 2.45) is 23.7 Å². The molecule has 2 aliphatic carbocycles. The van der Waals surface area contributed by atoms with Gasteiger partial charge in [-0.2, -0.15) is 0 Å². The molecular formula is C24H37NO2. The number of esters is 1. The third-order valence-corrected chi connectivity index (χ3v) is 7.09. The summed E-state index contributed by atoms with van der Waals surface area (Å²) in [6.45, 7) is 4.41.